The van der Waals surface area contributed by atoms with Crippen LogP contribution in [0.5, 0.6) is 5.88 Å². The maximum Gasteiger partial charge on any atom is 0.310 e. The standard InChI is InChI=1S/C22H35N3O5S/c1-4-5-6-9-15-29-22-21(23-31-24-22)18-11-10-14-25(3,16-18)17(2)30-20(28)13-8-7-12-19(26)27/h11,17H,4-10,12-16H2,1-3H3/p+1/t17-,25?/m1/s1. The van der Waals surface area contributed by atoms with E-state index in [-0.39, 0.29) is 25.0 Å². The van der Waals surface area contributed by atoms with E-state index in [0.29, 0.717) is 36.4 Å². The first-order valence-electron chi connectivity index (χ1n) is 11.3. The summed E-state index contributed by atoms with van der Waals surface area (Å²) in [4.78, 5) is 22.8. The summed E-state index contributed by atoms with van der Waals surface area (Å²) in [6.07, 6.45) is 8.63. The summed E-state index contributed by atoms with van der Waals surface area (Å²) in [5.41, 5.74) is 1.88. The molecule has 1 aliphatic rings. The lowest BCUT2D eigenvalue weighted by Gasteiger charge is -2.41. The number of unbranched alkanes of at least 4 members (excludes halogenated alkanes) is 4. The molecule has 8 nitrogen and oxygen atoms in total. The summed E-state index contributed by atoms with van der Waals surface area (Å²) in [5.74, 6) is -0.516. The van der Waals surface area contributed by atoms with Crippen LogP contribution in [0.1, 0.15) is 77.3 Å². The normalized spacial score (nSPS) is 19.5. The molecular weight excluding hydrogens is 418 g/mol. The zero-order valence-corrected chi connectivity index (χ0v) is 19.8. The Morgan fingerprint density at radius 2 is 1.97 bits per heavy atom. The highest BCUT2D eigenvalue weighted by molar-refractivity contribution is 6.99. The molecule has 0 aliphatic carbocycles. The van der Waals surface area contributed by atoms with Crippen molar-refractivity contribution in [3.63, 3.8) is 0 Å². The molecule has 0 radical (unpaired) electrons. The van der Waals surface area contributed by atoms with Gasteiger partial charge in [-0.3, -0.25) is 14.1 Å². The van der Waals surface area contributed by atoms with Gasteiger partial charge < -0.3 is 14.6 Å². The van der Waals surface area contributed by atoms with Crippen LogP contribution in [-0.2, 0) is 14.3 Å². The highest BCUT2D eigenvalue weighted by atomic mass is 32.1. The van der Waals surface area contributed by atoms with Crippen molar-refractivity contribution in [1.29, 1.82) is 0 Å². The maximum atomic E-state index is 12.2. The fourth-order valence-electron chi connectivity index (χ4n) is 3.64. The largest absolute Gasteiger partial charge is 0.481 e. The molecule has 1 aromatic rings. The van der Waals surface area contributed by atoms with Gasteiger partial charge in [-0.1, -0.05) is 32.3 Å². The minimum Gasteiger partial charge on any atom is -0.481 e. The van der Waals surface area contributed by atoms with Crippen LogP contribution in [-0.4, -0.2) is 63.2 Å². The number of carboxylic acids is 1. The molecule has 2 atom stereocenters. The van der Waals surface area contributed by atoms with Gasteiger partial charge in [-0.15, -0.1) is 4.37 Å². The molecule has 1 aromatic heterocycles. The Balaban J connectivity index is 1.89. The molecule has 0 saturated heterocycles. The van der Waals surface area contributed by atoms with Crippen molar-refractivity contribution in [2.24, 2.45) is 0 Å². The van der Waals surface area contributed by atoms with Crippen LogP contribution >= 0.6 is 11.7 Å². The average Bonchev–Trinajstić information content (AvgIpc) is 3.19. The van der Waals surface area contributed by atoms with E-state index in [1.807, 2.05) is 6.92 Å². The van der Waals surface area contributed by atoms with Crippen molar-refractivity contribution in [3.05, 3.63) is 11.8 Å². The van der Waals surface area contributed by atoms with Crippen molar-refractivity contribution in [3.8, 4) is 5.88 Å². The Hall–Kier alpha value is -2.00. The molecule has 0 amide bonds. The van der Waals surface area contributed by atoms with E-state index in [1.54, 1.807) is 0 Å². The Bertz CT molecular complexity index is 751. The second-order valence-corrected chi connectivity index (χ2v) is 8.92. The number of likely N-dealkylation sites (N-methyl/N-ethyl adjacent to an activating group) is 1. The lowest BCUT2D eigenvalue weighted by molar-refractivity contribution is -0.944. The first-order chi connectivity index (χ1) is 14.9. The molecule has 0 spiro atoms. The van der Waals surface area contributed by atoms with Crippen molar-refractivity contribution >= 4 is 29.2 Å². The van der Waals surface area contributed by atoms with Gasteiger partial charge >= 0.3 is 11.9 Å². The van der Waals surface area contributed by atoms with E-state index in [2.05, 4.69) is 28.8 Å². The molecule has 1 aliphatic heterocycles. The molecule has 0 aromatic carbocycles. The van der Waals surface area contributed by atoms with Crippen LogP contribution in [0.3, 0.4) is 0 Å². The lowest BCUT2D eigenvalue weighted by Crippen LogP contribution is -2.55. The van der Waals surface area contributed by atoms with Crippen LogP contribution in [0.2, 0.25) is 0 Å². The number of rotatable bonds is 14. The van der Waals surface area contributed by atoms with E-state index in [9.17, 15) is 9.59 Å². The van der Waals surface area contributed by atoms with Crippen molar-refractivity contribution in [2.45, 2.75) is 77.9 Å². The average molecular weight is 455 g/mol. The number of carboxylic acid groups (broad SMARTS) is 1. The monoisotopic (exact) mass is 454 g/mol. The molecule has 9 heteroatoms. The highest BCUT2D eigenvalue weighted by Crippen LogP contribution is 2.31. The van der Waals surface area contributed by atoms with Gasteiger partial charge in [0.05, 0.1) is 31.9 Å². The number of ether oxygens (including phenoxy) is 2. The predicted molar refractivity (Wildman–Crippen MR) is 120 cm³/mol. The minimum atomic E-state index is -0.840. The number of carbonyl (C=O) groups excluding carboxylic acids is 1. The van der Waals surface area contributed by atoms with Crippen LogP contribution in [0.4, 0.5) is 0 Å². The molecule has 2 rings (SSSR count). The summed E-state index contributed by atoms with van der Waals surface area (Å²) in [6.45, 7) is 6.30. The van der Waals surface area contributed by atoms with Crippen molar-refractivity contribution < 1.29 is 28.7 Å². The van der Waals surface area contributed by atoms with E-state index in [0.717, 1.165) is 48.8 Å². The summed E-state index contributed by atoms with van der Waals surface area (Å²) in [7, 11) is 2.08. The molecule has 174 valence electrons. The molecule has 2 heterocycles. The molecule has 1 unspecified atom stereocenters. The Morgan fingerprint density at radius 3 is 2.71 bits per heavy atom. The van der Waals surface area contributed by atoms with Gasteiger partial charge in [0.2, 0.25) is 6.23 Å². The first-order valence-corrected chi connectivity index (χ1v) is 12.0. The van der Waals surface area contributed by atoms with Crippen LogP contribution in [0.25, 0.3) is 5.57 Å². The third-order valence-corrected chi connectivity index (χ3v) is 6.27. The predicted octanol–water partition coefficient (Wildman–Crippen LogP) is 4.27. The molecule has 0 saturated carbocycles. The maximum absolute atomic E-state index is 12.2. The second kappa shape index (κ2) is 12.8. The van der Waals surface area contributed by atoms with E-state index in [1.165, 1.54) is 12.8 Å². The number of aliphatic carboxylic acids is 1. The van der Waals surface area contributed by atoms with Gasteiger partial charge in [-0.2, -0.15) is 4.37 Å². The SMILES string of the molecule is CCCCCCOc1nsnc1C1=CCC[N+](C)([C@@H](C)OC(=O)CCCCC(=O)O)C1. The van der Waals surface area contributed by atoms with E-state index in [4.69, 9.17) is 14.6 Å². The molecule has 0 fully saturated rings. The van der Waals surface area contributed by atoms with E-state index < -0.39 is 5.97 Å². The summed E-state index contributed by atoms with van der Waals surface area (Å²) < 4.78 is 21.0. The quantitative estimate of drug-likeness (QED) is 0.255. The van der Waals surface area contributed by atoms with Gasteiger partial charge in [0.1, 0.15) is 12.2 Å². The summed E-state index contributed by atoms with van der Waals surface area (Å²) in [6, 6.07) is 0. The van der Waals surface area contributed by atoms with Crippen LogP contribution < -0.4 is 4.74 Å². The Kier molecular flexibility index (Phi) is 10.4. The number of hydrogen-bond acceptors (Lipinski definition) is 7. The Labute approximate surface area is 189 Å². The molecule has 1 N–H and O–H groups in total. The number of esters is 1. The first kappa shape index (κ1) is 25.3. The fraction of sp³-hybridized carbons (Fsp3) is 0.727. The summed E-state index contributed by atoms with van der Waals surface area (Å²) in [5, 5.41) is 8.69. The topological polar surface area (TPSA) is 98.6 Å². The van der Waals surface area contributed by atoms with Crippen molar-refractivity contribution in [2.75, 3.05) is 26.7 Å². The van der Waals surface area contributed by atoms with Gasteiger partial charge in [0, 0.05) is 31.8 Å². The van der Waals surface area contributed by atoms with E-state index >= 15 is 0 Å². The third kappa shape index (κ3) is 8.22. The van der Waals surface area contributed by atoms with Crippen LogP contribution in [0, 0.1) is 0 Å². The number of aromatic nitrogens is 2. The molecular formula is C22H36N3O5S+. The highest BCUT2D eigenvalue weighted by Gasteiger charge is 2.36. The molecule has 0 bridgehead atoms. The third-order valence-electron chi connectivity index (χ3n) is 5.76. The Morgan fingerprint density at radius 1 is 1.19 bits per heavy atom. The lowest BCUT2D eigenvalue weighted by atomic mass is 10.0. The number of hydrogen-bond donors (Lipinski definition) is 1. The van der Waals surface area contributed by atoms with Gasteiger partial charge in [-0.05, 0) is 19.3 Å². The van der Waals surface area contributed by atoms with Gasteiger partial charge in [0.15, 0.2) is 0 Å². The minimum absolute atomic E-state index is 0.0788. The smallest absolute Gasteiger partial charge is 0.310 e. The zero-order chi connectivity index (χ0) is 22.7. The number of quaternary nitrogens is 1. The molecule has 31 heavy (non-hydrogen) atoms. The van der Waals surface area contributed by atoms with Gasteiger partial charge in [-0.25, -0.2) is 0 Å². The number of nitrogens with zero attached hydrogens (tertiary/aromatic N) is 3. The van der Waals surface area contributed by atoms with Gasteiger partial charge in [0.25, 0.3) is 5.88 Å². The van der Waals surface area contributed by atoms with Crippen molar-refractivity contribution in [1.82, 2.24) is 8.75 Å². The summed E-state index contributed by atoms with van der Waals surface area (Å²) >= 11 is 1.16. The second-order valence-electron chi connectivity index (χ2n) is 8.40. The van der Waals surface area contributed by atoms with Crippen LogP contribution in [0.15, 0.2) is 6.08 Å². The zero-order valence-electron chi connectivity index (χ0n) is 19.0. The number of carbonyl (C=O) groups is 2. The fourth-order valence-corrected chi connectivity index (χ4v) is 4.17.